The molecule has 0 saturated heterocycles. The van der Waals surface area contributed by atoms with Gasteiger partial charge < -0.3 is 14.9 Å². The highest BCUT2D eigenvalue weighted by molar-refractivity contribution is 6.06. The number of carbonyl (C=O) groups is 1. The average Bonchev–Trinajstić information content (AvgIpc) is 2.66. The lowest BCUT2D eigenvalue weighted by Crippen LogP contribution is -2.30. The zero-order valence-corrected chi connectivity index (χ0v) is 10.5. The predicted molar refractivity (Wildman–Crippen MR) is 65.3 cm³/mol. The van der Waals surface area contributed by atoms with E-state index in [0.29, 0.717) is 28.1 Å². The van der Waals surface area contributed by atoms with Crippen molar-refractivity contribution in [1.29, 1.82) is 0 Å². The van der Waals surface area contributed by atoms with Crippen LogP contribution in [-0.2, 0) is 0 Å². The minimum absolute atomic E-state index is 0.200. The summed E-state index contributed by atoms with van der Waals surface area (Å²) in [6.07, 6.45) is -0.587. The van der Waals surface area contributed by atoms with Gasteiger partial charge in [-0.1, -0.05) is 5.16 Å². The number of aryl methyl sites for hydroxylation is 2. The molecule has 2 N–H and O–H groups in total. The van der Waals surface area contributed by atoms with Crippen LogP contribution in [-0.4, -0.2) is 33.8 Å². The van der Waals surface area contributed by atoms with Crippen molar-refractivity contribution in [3.05, 3.63) is 23.0 Å². The number of hydrogen-bond acceptors (Lipinski definition) is 5. The summed E-state index contributed by atoms with van der Waals surface area (Å²) in [5, 5.41) is 16.2. The topological polar surface area (TPSA) is 88.2 Å². The largest absolute Gasteiger partial charge is 0.392 e. The molecule has 0 aromatic carbocycles. The molecule has 2 aromatic heterocycles. The van der Waals surface area contributed by atoms with Gasteiger partial charge in [0.2, 0.25) is 0 Å². The van der Waals surface area contributed by atoms with E-state index in [1.807, 2.05) is 0 Å². The summed E-state index contributed by atoms with van der Waals surface area (Å²) >= 11 is 0. The number of nitrogens with one attached hydrogen (secondary N) is 1. The van der Waals surface area contributed by atoms with Crippen LogP contribution in [0, 0.1) is 13.8 Å². The molecular formula is C12H15N3O3. The van der Waals surface area contributed by atoms with Crippen LogP contribution in [0.1, 0.15) is 28.7 Å². The zero-order valence-electron chi connectivity index (χ0n) is 10.5. The van der Waals surface area contributed by atoms with Crippen molar-refractivity contribution in [2.24, 2.45) is 0 Å². The van der Waals surface area contributed by atoms with Crippen LogP contribution in [0.25, 0.3) is 11.1 Å². The molecule has 0 spiro atoms. The molecule has 2 heterocycles. The molecule has 2 rings (SSSR count). The summed E-state index contributed by atoms with van der Waals surface area (Å²) in [6, 6.07) is 1.68. The highest BCUT2D eigenvalue weighted by Gasteiger charge is 2.17. The predicted octanol–water partition coefficient (Wildman–Crippen LogP) is 0.950. The third kappa shape index (κ3) is 2.33. The fraction of sp³-hybridized carbons (Fsp3) is 0.417. The van der Waals surface area contributed by atoms with E-state index in [1.54, 1.807) is 26.8 Å². The average molecular weight is 249 g/mol. The third-order valence-electron chi connectivity index (χ3n) is 2.55. The van der Waals surface area contributed by atoms with Crippen molar-refractivity contribution in [3.8, 4) is 0 Å². The fourth-order valence-electron chi connectivity index (χ4n) is 1.73. The monoisotopic (exact) mass is 249 g/mol. The molecule has 0 saturated carbocycles. The number of hydrogen-bond donors (Lipinski definition) is 2. The lowest BCUT2D eigenvalue weighted by Gasteiger charge is -2.08. The number of rotatable bonds is 3. The Labute approximate surface area is 104 Å². The van der Waals surface area contributed by atoms with Crippen LogP contribution in [0.4, 0.5) is 0 Å². The van der Waals surface area contributed by atoms with Crippen molar-refractivity contribution < 1.29 is 14.4 Å². The summed E-state index contributed by atoms with van der Waals surface area (Å²) in [5.74, 6) is -0.266. The lowest BCUT2D eigenvalue weighted by molar-refractivity contribution is 0.0925. The summed E-state index contributed by atoms with van der Waals surface area (Å²) in [7, 11) is 0. The smallest absolute Gasteiger partial charge is 0.258 e. The number of amides is 1. The van der Waals surface area contributed by atoms with E-state index in [2.05, 4.69) is 15.5 Å². The Hall–Kier alpha value is -1.95. The fourth-order valence-corrected chi connectivity index (χ4v) is 1.73. The van der Waals surface area contributed by atoms with Gasteiger partial charge in [-0.15, -0.1) is 0 Å². The van der Waals surface area contributed by atoms with Crippen molar-refractivity contribution in [1.82, 2.24) is 15.5 Å². The second-order valence-corrected chi connectivity index (χ2v) is 4.32. The number of nitrogens with zero attached hydrogens (tertiary/aromatic N) is 2. The quantitative estimate of drug-likeness (QED) is 0.845. The van der Waals surface area contributed by atoms with E-state index in [0.717, 1.165) is 0 Å². The van der Waals surface area contributed by atoms with Gasteiger partial charge in [-0.2, -0.15) is 0 Å². The SMILES string of the molecule is Cc1cc(C(=O)NC[C@@H](C)O)c2c(C)noc2n1. The Bertz CT molecular complexity index is 590. The molecule has 1 atom stereocenters. The molecule has 18 heavy (non-hydrogen) atoms. The van der Waals surface area contributed by atoms with Gasteiger partial charge in [-0.25, -0.2) is 4.98 Å². The van der Waals surface area contributed by atoms with Gasteiger partial charge >= 0.3 is 0 Å². The molecule has 0 unspecified atom stereocenters. The lowest BCUT2D eigenvalue weighted by atomic mass is 10.1. The van der Waals surface area contributed by atoms with E-state index in [-0.39, 0.29) is 12.5 Å². The molecule has 2 aromatic rings. The molecule has 96 valence electrons. The summed E-state index contributed by atoms with van der Waals surface area (Å²) in [6.45, 7) is 5.35. The van der Waals surface area contributed by atoms with E-state index in [1.165, 1.54) is 0 Å². The van der Waals surface area contributed by atoms with Crippen molar-refractivity contribution >= 4 is 17.0 Å². The van der Waals surface area contributed by atoms with Gasteiger partial charge in [0.15, 0.2) is 0 Å². The molecular weight excluding hydrogens is 234 g/mol. The molecule has 6 nitrogen and oxygen atoms in total. The molecule has 0 bridgehead atoms. The highest BCUT2D eigenvalue weighted by Crippen LogP contribution is 2.21. The number of carbonyl (C=O) groups excluding carboxylic acids is 1. The number of aliphatic hydroxyl groups excluding tert-OH is 1. The van der Waals surface area contributed by atoms with Gasteiger partial charge in [-0.3, -0.25) is 4.79 Å². The van der Waals surface area contributed by atoms with Crippen molar-refractivity contribution in [2.75, 3.05) is 6.54 Å². The molecule has 0 fully saturated rings. The second-order valence-electron chi connectivity index (χ2n) is 4.32. The standard InChI is InChI=1S/C12H15N3O3/c1-6-4-9(11(17)13-5-7(2)16)10-8(3)15-18-12(10)14-6/h4,7,16H,5H2,1-3H3,(H,13,17)/t7-/m1/s1. The first kappa shape index (κ1) is 12.5. The maximum atomic E-state index is 12.0. The molecule has 0 radical (unpaired) electrons. The maximum absolute atomic E-state index is 12.0. The number of pyridine rings is 1. The Kier molecular flexibility index (Phi) is 3.29. The molecule has 6 heteroatoms. The first-order valence-electron chi connectivity index (χ1n) is 5.69. The minimum Gasteiger partial charge on any atom is -0.392 e. The maximum Gasteiger partial charge on any atom is 0.258 e. The van der Waals surface area contributed by atoms with Gasteiger partial charge in [0.25, 0.3) is 11.6 Å². The first-order chi connectivity index (χ1) is 8.49. The molecule has 0 aliphatic heterocycles. The van der Waals surface area contributed by atoms with Crippen LogP contribution in [0.2, 0.25) is 0 Å². The zero-order chi connectivity index (χ0) is 13.3. The van der Waals surface area contributed by atoms with E-state index in [9.17, 15) is 9.90 Å². The summed E-state index contributed by atoms with van der Waals surface area (Å²) in [5.41, 5.74) is 2.13. The highest BCUT2D eigenvalue weighted by atomic mass is 16.5. The van der Waals surface area contributed by atoms with Crippen molar-refractivity contribution in [2.45, 2.75) is 26.9 Å². The first-order valence-corrected chi connectivity index (χ1v) is 5.69. The molecule has 0 aliphatic rings. The van der Waals surface area contributed by atoms with Crippen LogP contribution >= 0.6 is 0 Å². The molecule has 1 amide bonds. The van der Waals surface area contributed by atoms with E-state index in [4.69, 9.17) is 4.52 Å². The minimum atomic E-state index is -0.587. The van der Waals surface area contributed by atoms with Crippen LogP contribution in [0.5, 0.6) is 0 Å². The van der Waals surface area contributed by atoms with Crippen LogP contribution in [0.3, 0.4) is 0 Å². The van der Waals surface area contributed by atoms with Gasteiger partial charge in [0, 0.05) is 12.2 Å². The van der Waals surface area contributed by atoms with Gasteiger partial charge in [0.05, 0.1) is 22.7 Å². The van der Waals surface area contributed by atoms with Crippen molar-refractivity contribution in [3.63, 3.8) is 0 Å². The molecule has 0 aliphatic carbocycles. The number of fused-ring (bicyclic) bond motifs is 1. The van der Waals surface area contributed by atoms with Gasteiger partial charge in [0.1, 0.15) is 0 Å². The van der Waals surface area contributed by atoms with Crippen LogP contribution < -0.4 is 5.32 Å². The number of aliphatic hydroxyl groups is 1. The van der Waals surface area contributed by atoms with Gasteiger partial charge in [-0.05, 0) is 26.8 Å². The second kappa shape index (κ2) is 4.73. The van der Waals surface area contributed by atoms with E-state index < -0.39 is 6.10 Å². The van der Waals surface area contributed by atoms with Crippen LogP contribution in [0.15, 0.2) is 10.6 Å². The normalized spacial score (nSPS) is 12.7. The Morgan fingerprint density at radius 1 is 1.56 bits per heavy atom. The summed E-state index contributed by atoms with van der Waals surface area (Å²) in [4.78, 5) is 16.2. The Balaban J connectivity index is 2.42. The van der Waals surface area contributed by atoms with E-state index >= 15 is 0 Å². The number of aromatic nitrogens is 2. The third-order valence-corrected chi connectivity index (χ3v) is 2.55. The Morgan fingerprint density at radius 3 is 2.94 bits per heavy atom. The summed E-state index contributed by atoms with van der Waals surface area (Å²) < 4.78 is 5.06. The Morgan fingerprint density at radius 2 is 2.28 bits per heavy atom.